The molecule has 0 amide bonds. The Morgan fingerprint density at radius 2 is 2.15 bits per heavy atom. The first-order valence-electron chi connectivity index (χ1n) is 8.70. The van der Waals surface area contributed by atoms with Gasteiger partial charge in [0.2, 0.25) is 0 Å². The number of nitrogens with two attached hydrogens (primary N) is 1. The first-order valence-corrected chi connectivity index (χ1v) is 9.92. The lowest BCUT2D eigenvalue weighted by molar-refractivity contribution is -0.0576. The lowest BCUT2D eigenvalue weighted by atomic mass is 10.0. The van der Waals surface area contributed by atoms with Crippen molar-refractivity contribution in [3.05, 3.63) is 54.5 Å². The van der Waals surface area contributed by atoms with Crippen LogP contribution in [0.3, 0.4) is 0 Å². The van der Waals surface area contributed by atoms with Gasteiger partial charge in [0.1, 0.15) is 23.7 Å². The summed E-state index contributed by atoms with van der Waals surface area (Å²) in [4.78, 5) is 4.00. The minimum Gasteiger partial charge on any atom is -0.426 e. The summed E-state index contributed by atoms with van der Waals surface area (Å²) < 4.78 is 30.8. The Morgan fingerprint density at radius 1 is 1.33 bits per heavy atom. The molecule has 2 N–H and O–H groups in total. The van der Waals surface area contributed by atoms with Crippen molar-refractivity contribution in [1.29, 1.82) is 0 Å². The summed E-state index contributed by atoms with van der Waals surface area (Å²) in [6.07, 6.45) is 2.85. The quantitative estimate of drug-likeness (QED) is 0.646. The second-order valence-electron chi connectivity index (χ2n) is 6.75. The number of para-hydroxylation sites is 1. The molecule has 0 spiro atoms. The van der Waals surface area contributed by atoms with E-state index >= 15 is 0 Å². The van der Waals surface area contributed by atoms with Gasteiger partial charge in [0.05, 0.1) is 17.9 Å². The van der Waals surface area contributed by atoms with Crippen LogP contribution in [0.4, 0.5) is 5.82 Å². The molecule has 3 atom stereocenters. The number of rotatable bonds is 6. The molecule has 0 aliphatic carbocycles. The first kappa shape index (κ1) is 18.0. The zero-order valence-corrected chi connectivity index (χ0v) is 15.9. The highest BCUT2D eigenvalue weighted by Crippen LogP contribution is 2.41. The predicted molar refractivity (Wildman–Crippen MR) is 101 cm³/mol. The Kier molecular flexibility index (Phi) is 4.86. The highest BCUT2D eigenvalue weighted by atomic mass is 31.1. The first-order chi connectivity index (χ1) is 13.0. The molecule has 0 saturated carbocycles. The summed E-state index contributed by atoms with van der Waals surface area (Å²) in [5, 5.41) is 4.26. The van der Waals surface area contributed by atoms with E-state index < -0.39 is 13.9 Å². The molecule has 4 rings (SSSR count). The summed E-state index contributed by atoms with van der Waals surface area (Å²) in [7, 11) is -2.65. The zero-order valence-electron chi connectivity index (χ0n) is 14.9. The van der Waals surface area contributed by atoms with Gasteiger partial charge in [-0.3, -0.25) is 4.52 Å². The number of nitrogen functional groups attached to an aromatic ring is 1. The molecule has 1 aliphatic rings. The monoisotopic (exact) mass is 388 g/mol. The molecule has 27 heavy (non-hydrogen) atoms. The number of hydrogen-bond donors (Lipinski definition) is 1. The van der Waals surface area contributed by atoms with Crippen molar-refractivity contribution in [2.75, 3.05) is 12.3 Å². The highest BCUT2D eigenvalue weighted by Gasteiger charge is 2.38. The van der Waals surface area contributed by atoms with Crippen LogP contribution in [0.2, 0.25) is 0 Å². The number of ether oxygens (including phenoxy) is 1. The van der Waals surface area contributed by atoms with E-state index in [9.17, 15) is 4.57 Å². The molecule has 0 radical (unpaired) electrons. The fraction of sp³-hybridized carbons (Fsp3) is 0.333. The van der Waals surface area contributed by atoms with E-state index in [1.54, 1.807) is 16.6 Å². The van der Waals surface area contributed by atoms with Crippen molar-refractivity contribution >= 4 is 19.6 Å². The van der Waals surface area contributed by atoms with Crippen LogP contribution in [0, 0.1) is 0 Å². The molecule has 1 fully saturated rings. The summed E-state index contributed by atoms with van der Waals surface area (Å²) in [5.74, 6) is 0.950. The SMILES string of the molecule is C[C@@]1(CO[PH](=O)Oc2ccccc2)CC[C@H](c2ccc3c(N)ncnn23)O1. The molecule has 1 saturated heterocycles. The van der Waals surface area contributed by atoms with Crippen molar-refractivity contribution in [1.82, 2.24) is 14.6 Å². The Balaban J connectivity index is 1.39. The molecular weight excluding hydrogens is 367 g/mol. The summed E-state index contributed by atoms with van der Waals surface area (Å²) in [6.45, 7) is 2.14. The number of hydrogen-bond acceptors (Lipinski definition) is 7. The van der Waals surface area contributed by atoms with Gasteiger partial charge < -0.3 is 15.0 Å². The van der Waals surface area contributed by atoms with E-state index in [0.717, 1.165) is 24.1 Å². The standard InChI is InChI=1S/C18H21N4O4P/c1-18(11-24-27(23)26-13-5-3-2-4-6-13)10-9-16(25-18)14-7-8-15-17(19)20-12-21-22(14)15/h2-8,12,16,27H,9-11H2,1H3,(H2,19,20,21)/t16-,18+/m1/s1. The second-order valence-corrected chi connectivity index (χ2v) is 7.74. The molecule has 8 nitrogen and oxygen atoms in total. The van der Waals surface area contributed by atoms with Crippen molar-refractivity contribution in [3.63, 3.8) is 0 Å². The van der Waals surface area contributed by atoms with Crippen molar-refractivity contribution in [2.45, 2.75) is 31.5 Å². The zero-order chi connectivity index (χ0) is 18.9. The van der Waals surface area contributed by atoms with Crippen molar-refractivity contribution < 1.29 is 18.3 Å². The highest BCUT2D eigenvalue weighted by molar-refractivity contribution is 7.33. The third-order valence-electron chi connectivity index (χ3n) is 4.64. The lowest BCUT2D eigenvalue weighted by Gasteiger charge is -2.24. The predicted octanol–water partition coefficient (Wildman–Crippen LogP) is 3.41. The molecule has 3 heterocycles. The summed E-state index contributed by atoms with van der Waals surface area (Å²) >= 11 is 0. The largest absolute Gasteiger partial charge is 0.426 e. The maximum absolute atomic E-state index is 12.1. The molecule has 1 aliphatic heterocycles. The van der Waals surface area contributed by atoms with Crippen LogP contribution < -0.4 is 10.3 Å². The van der Waals surface area contributed by atoms with Crippen LogP contribution in [0.25, 0.3) is 5.52 Å². The van der Waals surface area contributed by atoms with Gasteiger partial charge in [-0.05, 0) is 44.0 Å². The lowest BCUT2D eigenvalue weighted by Crippen LogP contribution is -2.29. The Morgan fingerprint density at radius 3 is 2.96 bits per heavy atom. The smallest absolute Gasteiger partial charge is 0.367 e. The van der Waals surface area contributed by atoms with Crippen LogP contribution in [0.15, 0.2) is 48.8 Å². The third kappa shape index (κ3) is 3.83. The van der Waals surface area contributed by atoms with Crippen molar-refractivity contribution in [3.8, 4) is 5.75 Å². The Hall–Kier alpha value is -2.41. The van der Waals surface area contributed by atoms with Gasteiger partial charge in [-0.25, -0.2) is 14.1 Å². The van der Waals surface area contributed by atoms with E-state index in [1.165, 1.54) is 6.33 Å². The van der Waals surface area contributed by atoms with E-state index in [4.69, 9.17) is 19.5 Å². The topological polar surface area (TPSA) is 101 Å². The van der Waals surface area contributed by atoms with Gasteiger partial charge in [-0.2, -0.15) is 5.10 Å². The Labute approximate surface area is 157 Å². The number of aromatic nitrogens is 3. The Bertz CT molecular complexity index is 964. The average Bonchev–Trinajstić information content (AvgIpc) is 3.26. The second kappa shape index (κ2) is 7.31. The van der Waals surface area contributed by atoms with E-state index in [0.29, 0.717) is 11.6 Å². The van der Waals surface area contributed by atoms with Crippen LogP contribution in [-0.2, 0) is 13.8 Å². The van der Waals surface area contributed by atoms with Crippen LogP contribution >= 0.6 is 8.25 Å². The number of fused-ring (bicyclic) bond motifs is 1. The minimum absolute atomic E-state index is 0.146. The van der Waals surface area contributed by atoms with Crippen LogP contribution in [0.5, 0.6) is 5.75 Å². The fourth-order valence-corrected chi connectivity index (χ4v) is 4.07. The van der Waals surface area contributed by atoms with Gasteiger partial charge in [0.25, 0.3) is 0 Å². The van der Waals surface area contributed by atoms with Gasteiger partial charge in [-0.1, -0.05) is 18.2 Å². The molecule has 2 aromatic heterocycles. The summed E-state index contributed by atoms with van der Waals surface area (Å²) in [6, 6.07) is 12.8. The van der Waals surface area contributed by atoms with Gasteiger partial charge >= 0.3 is 8.25 Å². The number of nitrogens with zero attached hydrogens (tertiary/aromatic N) is 3. The molecule has 9 heteroatoms. The average molecular weight is 388 g/mol. The minimum atomic E-state index is -2.65. The molecule has 3 aromatic rings. The van der Waals surface area contributed by atoms with Gasteiger partial charge in [0.15, 0.2) is 5.82 Å². The molecule has 1 unspecified atom stereocenters. The maximum atomic E-state index is 12.1. The molecular formula is C18H21N4O4P. The molecule has 1 aromatic carbocycles. The third-order valence-corrected chi connectivity index (χ3v) is 5.43. The van der Waals surface area contributed by atoms with Crippen LogP contribution in [-0.4, -0.2) is 26.8 Å². The van der Waals surface area contributed by atoms with E-state index in [1.807, 2.05) is 37.3 Å². The molecule has 142 valence electrons. The number of benzene rings is 1. The van der Waals surface area contributed by atoms with Crippen molar-refractivity contribution in [2.24, 2.45) is 0 Å². The maximum Gasteiger partial charge on any atom is 0.367 e. The van der Waals surface area contributed by atoms with Gasteiger partial charge in [0, 0.05) is 0 Å². The number of anilines is 1. The fourth-order valence-electron chi connectivity index (χ4n) is 3.25. The van der Waals surface area contributed by atoms with E-state index in [2.05, 4.69) is 10.1 Å². The normalized spacial score (nSPS) is 23.5. The summed E-state index contributed by atoms with van der Waals surface area (Å²) in [5.41, 5.74) is 7.01. The van der Waals surface area contributed by atoms with Gasteiger partial charge in [-0.15, -0.1) is 0 Å². The molecule has 0 bridgehead atoms. The van der Waals surface area contributed by atoms with E-state index in [-0.39, 0.29) is 12.7 Å². The van der Waals surface area contributed by atoms with Crippen LogP contribution in [0.1, 0.15) is 31.6 Å².